The molecular formula is C10H13NO2. The molecule has 0 aliphatic heterocycles. The van der Waals surface area contributed by atoms with Crippen molar-refractivity contribution in [2.45, 2.75) is 19.1 Å². The predicted octanol–water partition coefficient (Wildman–Crippen LogP) is 1.05. The van der Waals surface area contributed by atoms with Gasteiger partial charge in [-0.2, -0.15) is 0 Å². The molecule has 1 aromatic heterocycles. The lowest BCUT2D eigenvalue weighted by atomic mass is 10.1. The molecule has 0 bridgehead atoms. The quantitative estimate of drug-likeness (QED) is 0.682. The highest BCUT2D eigenvalue weighted by Crippen LogP contribution is 2.15. The summed E-state index contributed by atoms with van der Waals surface area (Å²) in [6, 6.07) is 3.45. The van der Waals surface area contributed by atoms with Gasteiger partial charge in [0.1, 0.15) is 12.2 Å². The van der Waals surface area contributed by atoms with E-state index in [2.05, 4.69) is 4.98 Å². The predicted molar refractivity (Wildman–Crippen MR) is 50.0 cm³/mol. The van der Waals surface area contributed by atoms with Crippen LogP contribution in [0.4, 0.5) is 0 Å². The fraction of sp³-hybridized carbons (Fsp3) is 0.300. The van der Waals surface area contributed by atoms with Crippen LogP contribution in [0.2, 0.25) is 0 Å². The van der Waals surface area contributed by atoms with Crippen molar-refractivity contribution in [1.82, 2.24) is 4.98 Å². The van der Waals surface area contributed by atoms with Gasteiger partial charge in [0.2, 0.25) is 0 Å². The first-order valence-electron chi connectivity index (χ1n) is 4.14. The van der Waals surface area contributed by atoms with E-state index < -0.39 is 12.2 Å². The third-order valence-corrected chi connectivity index (χ3v) is 1.74. The molecule has 1 aromatic rings. The SMILES string of the molecule is C/C=C/C(O)C(O)c1cccnc1. The van der Waals surface area contributed by atoms with Gasteiger partial charge < -0.3 is 10.2 Å². The molecule has 70 valence electrons. The molecule has 0 saturated heterocycles. The zero-order chi connectivity index (χ0) is 9.68. The fourth-order valence-corrected chi connectivity index (χ4v) is 1.05. The van der Waals surface area contributed by atoms with Gasteiger partial charge in [-0.3, -0.25) is 4.98 Å². The van der Waals surface area contributed by atoms with Crippen LogP contribution < -0.4 is 0 Å². The van der Waals surface area contributed by atoms with Gasteiger partial charge in [-0.1, -0.05) is 18.2 Å². The van der Waals surface area contributed by atoms with E-state index in [1.807, 2.05) is 0 Å². The molecule has 3 heteroatoms. The van der Waals surface area contributed by atoms with E-state index >= 15 is 0 Å². The minimum atomic E-state index is -0.898. The molecular weight excluding hydrogens is 166 g/mol. The summed E-state index contributed by atoms with van der Waals surface area (Å²) in [7, 11) is 0. The third-order valence-electron chi connectivity index (χ3n) is 1.74. The van der Waals surface area contributed by atoms with Crippen molar-refractivity contribution in [2.75, 3.05) is 0 Å². The van der Waals surface area contributed by atoms with Crippen LogP contribution in [0.3, 0.4) is 0 Å². The van der Waals surface area contributed by atoms with E-state index in [1.54, 1.807) is 31.3 Å². The number of pyridine rings is 1. The summed E-state index contributed by atoms with van der Waals surface area (Å²) in [6.45, 7) is 1.79. The first kappa shape index (κ1) is 9.89. The summed E-state index contributed by atoms with van der Waals surface area (Å²) in [5, 5.41) is 19.0. The van der Waals surface area contributed by atoms with Crippen molar-refractivity contribution in [1.29, 1.82) is 0 Å². The summed E-state index contributed by atoms with van der Waals surface area (Å²) in [5.41, 5.74) is 0.619. The van der Waals surface area contributed by atoms with Gasteiger partial charge in [0.05, 0.1) is 0 Å². The Morgan fingerprint density at radius 3 is 2.77 bits per heavy atom. The summed E-state index contributed by atoms with van der Waals surface area (Å²) in [5.74, 6) is 0. The van der Waals surface area contributed by atoms with Crippen molar-refractivity contribution in [3.63, 3.8) is 0 Å². The summed E-state index contributed by atoms with van der Waals surface area (Å²) >= 11 is 0. The Kier molecular flexibility index (Phi) is 3.61. The molecule has 0 saturated carbocycles. The molecule has 1 rings (SSSR count). The first-order chi connectivity index (χ1) is 6.25. The Bertz CT molecular complexity index is 272. The highest BCUT2D eigenvalue weighted by Gasteiger charge is 2.14. The second-order valence-electron chi connectivity index (χ2n) is 2.75. The van der Waals surface area contributed by atoms with Crippen LogP contribution in [0.5, 0.6) is 0 Å². The van der Waals surface area contributed by atoms with Gasteiger partial charge in [-0.25, -0.2) is 0 Å². The summed E-state index contributed by atoms with van der Waals surface area (Å²) in [4.78, 5) is 3.85. The summed E-state index contributed by atoms with van der Waals surface area (Å²) < 4.78 is 0. The number of allylic oxidation sites excluding steroid dienone is 1. The number of aromatic nitrogens is 1. The highest BCUT2D eigenvalue weighted by molar-refractivity contribution is 5.15. The Labute approximate surface area is 77.4 Å². The molecule has 2 N–H and O–H groups in total. The minimum Gasteiger partial charge on any atom is -0.386 e. The number of nitrogens with zero attached hydrogens (tertiary/aromatic N) is 1. The number of rotatable bonds is 3. The monoisotopic (exact) mass is 179 g/mol. The number of hydrogen-bond donors (Lipinski definition) is 2. The third kappa shape index (κ3) is 2.65. The standard InChI is InChI=1S/C10H13NO2/c1-2-4-9(12)10(13)8-5-3-6-11-7-8/h2-7,9-10,12-13H,1H3/b4-2+. The number of aliphatic hydroxyl groups is 2. The van der Waals surface area contributed by atoms with Crippen molar-refractivity contribution in [2.24, 2.45) is 0 Å². The lowest BCUT2D eigenvalue weighted by Crippen LogP contribution is -2.15. The lowest BCUT2D eigenvalue weighted by Gasteiger charge is -2.13. The van der Waals surface area contributed by atoms with Gasteiger partial charge in [-0.05, 0) is 13.0 Å². The van der Waals surface area contributed by atoms with E-state index in [1.165, 1.54) is 12.3 Å². The Morgan fingerprint density at radius 1 is 1.46 bits per heavy atom. The zero-order valence-corrected chi connectivity index (χ0v) is 7.46. The maximum absolute atomic E-state index is 9.58. The van der Waals surface area contributed by atoms with Gasteiger partial charge >= 0.3 is 0 Å². The fourth-order valence-electron chi connectivity index (χ4n) is 1.05. The Hall–Kier alpha value is -1.19. The maximum atomic E-state index is 9.58. The second-order valence-corrected chi connectivity index (χ2v) is 2.75. The molecule has 0 aliphatic rings. The molecule has 3 nitrogen and oxygen atoms in total. The van der Waals surface area contributed by atoms with Crippen LogP contribution in [0.15, 0.2) is 36.7 Å². The first-order valence-corrected chi connectivity index (χ1v) is 4.14. The van der Waals surface area contributed by atoms with Gasteiger partial charge in [0.25, 0.3) is 0 Å². The second kappa shape index (κ2) is 4.74. The van der Waals surface area contributed by atoms with E-state index in [0.29, 0.717) is 5.56 Å². The molecule has 0 fully saturated rings. The molecule has 0 aromatic carbocycles. The molecule has 0 aliphatic carbocycles. The van der Waals surface area contributed by atoms with Crippen molar-refractivity contribution in [3.05, 3.63) is 42.2 Å². The molecule has 0 amide bonds. The molecule has 0 spiro atoms. The topological polar surface area (TPSA) is 53.4 Å². The normalized spacial score (nSPS) is 15.9. The average Bonchev–Trinajstić information content (AvgIpc) is 2.18. The van der Waals surface area contributed by atoms with Gasteiger partial charge in [0.15, 0.2) is 0 Å². The van der Waals surface area contributed by atoms with Crippen LogP contribution in [0.25, 0.3) is 0 Å². The van der Waals surface area contributed by atoms with Gasteiger partial charge in [0, 0.05) is 18.0 Å². The van der Waals surface area contributed by atoms with Crippen LogP contribution in [0, 0.1) is 0 Å². The van der Waals surface area contributed by atoms with Crippen LogP contribution in [-0.4, -0.2) is 21.3 Å². The van der Waals surface area contributed by atoms with Gasteiger partial charge in [-0.15, -0.1) is 0 Å². The molecule has 0 radical (unpaired) electrons. The van der Waals surface area contributed by atoms with Crippen LogP contribution in [0.1, 0.15) is 18.6 Å². The lowest BCUT2D eigenvalue weighted by molar-refractivity contribution is 0.0480. The number of aliphatic hydroxyl groups excluding tert-OH is 2. The highest BCUT2D eigenvalue weighted by atomic mass is 16.3. The molecule has 1 heterocycles. The van der Waals surface area contributed by atoms with Crippen LogP contribution >= 0.6 is 0 Å². The maximum Gasteiger partial charge on any atom is 0.110 e. The van der Waals surface area contributed by atoms with Crippen molar-refractivity contribution >= 4 is 0 Å². The van der Waals surface area contributed by atoms with Crippen molar-refractivity contribution in [3.8, 4) is 0 Å². The molecule has 2 atom stereocenters. The minimum absolute atomic E-state index is 0.619. The summed E-state index contributed by atoms with van der Waals surface area (Å²) in [6.07, 6.45) is 4.64. The van der Waals surface area contributed by atoms with E-state index in [4.69, 9.17) is 0 Å². The Morgan fingerprint density at radius 2 is 2.23 bits per heavy atom. The molecule has 2 unspecified atom stereocenters. The number of hydrogen-bond acceptors (Lipinski definition) is 3. The largest absolute Gasteiger partial charge is 0.386 e. The molecule has 13 heavy (non-hydrogen) atoms. The van der Waals surface area contributed by atoms with E-state index in [9.17, 15) is 10.2 Å². The van der Waals surface area contributed by atoms with E-state index in [0.717, 1.165) is 0 Å². The Balaban J connectivity index is 2.73. The van der Waals surface area contributed by atoms with E-state index in [-0.39, 0.29) is 0 Å². The van der Waals surface area contributed by atoms with Crippen LogP contribution in [-0.2, 0) is 0 Å². The average molecular weight is 179 g/mol. The zero-order valence-electron chi connectivity index (χ0n) is 7.46. The van der Waals surface area contributed by atoms with Crippen molar-refractivity contribution < 1.29 is 10.2 Å². The smallest absolute Gasteiger partial charge is 0.110 e.